The van der Waals surface area contributed by atoms with Gasteiger partial charge in [0.15, 0.2) is 0 Å². The maximum absolute atomic E-state index is 10.4. The zero-order chi connectivity index (χ0) is 11.1. The maximum atomic E-state index is 10.4. The maximum Gasteiger partial charge on any atom is 0.290 e. The normalized spacial score (nSPS) is 8.86. The van der Waals surface area contributed by atoms with Crippen LogP contribution in [0.1, 0.15) is 26.3 Å². The van der Waals surface area contributed by atoms with Gasteiger partial charge in [-0.15, -0.1) is 0 Å². The molecule has 4 nitrogen and oxygen atoms in total. The van der Waals surface area contributed by atoms with Gasteiger partial charge in [-0.05, 0) is 28.4 Å². The highest BCUT2D eigenvalue weighted by atomic mass is 79.9. The second-order valence-corrected chi connectivity index (χ2v) is 3.06. The van der Waals surface area contributed by atoms with Crippen molar-refractivity contribution in [2.75, 3.05) is 0 Å². The minimum atomic E-state index is -0.418. The lowest BCUT2D eigenvalue weighted by Crippen LogP contribution is -1.95. The third-order valence-electron chi connectivity index (χ3n) is 1.51. The van der Waals surface area contributed by atoms with E-state index in [1.54, 1.807) is 6.07 Å². The third-order valence-corrected chi connectivity index (χ3v) is 1.94. The Bertz CT molecular complexity index is 316. The number of halogens is 1. The fourth-order valence-electron chi connectivity index (χ4n) is 0.908. The molecule has 1 rings (SSSR count). The van der Waals surface area contributed by atoms with Gasteiger partial charge >= 0.3 is 0 Å². The van der Waals surface area contributed by atoms with Crippen molar-refractivity contribution in [3.05, 3.63) is 32.5 Å². The molecule has 0 N–H and O–H groups in total. The number of hydrogen-bond acceptors (Lipinski definition) is 3. The molecule has 0 aliphatic rings. The molecule has 0 aliphatic carbocycles. The molecule has 0 amide bonds. The lowest BCUT2D eigenvalue weighted by Gasteiger charge is -1.98. The second kappa shape index (κ2) is 6.48. The Morgan fingerprint density at radius 1 is 1.57 bits per heavy atom. The van der Waals surface area contributed by atoms with Crippen LogP contribution in [0.2, 0.25) is 0 Å². The average molecular weight is 261 g/mol. The topological polar surface area (TPSA) is 56.0 Å². The van der Waals surface area contributed by atoms with Crippen molar-refractivity contribution in [1.82, 2.24) is 4.98 Å². The quantitative estimate of drug-likeness (QED) is 0.466. The summed E-state index contributed by atoms with van der Waals surface area (Å²) >= 11 is 3.15. The molecule has 1 aromatic rings. The van der Waals surface area contributed by atoms with Gasteiger partial charge in [0.2, 0.25) is 0 Å². The number of pyridine rings is 1. The van der Waals surface area contributed by atoms with Gasteiger partial charge in [-0.2, -0.15) is 0 Å². The standard InChI is InChI=1S/C7H7BrN2O2.C2H6/c1-2-5-3-7(8)9-4-6(5)10(11)12;1-2/h3-4H,2H2,1H3;1-2H3. The first-order valence-electron chi connectivity index (χ1n) is 4.44. The molecule has 0 saturated heterocycles. The van der Waals surface area contributed by atoms with E-state index >= 15 is 0 Å². The van der Waals surface area contributed by atoms with Crippen molar-refractivity contribution in [2.24, 2.45) is 0 Å². The first-order valence-corrected chi connectivity index (χ1v) is 5.23. The van der Waals surface area contributed by atoms with Crippen molar-refractivity contribution in [3.63, 3.8) is 0 Å². The second-order valence-electron chi connectivity index (χ2n) is 2.25. The fourth-order valence-corrected chi connectivity index (χ4v) is 1.29. The van der Waals surface area contributed by atoms with Gasteiger partial charge in [0.1, 0.15) is 10.8 Å². The zero-order valence-electron chi connectivity index (χ0n) is 8.45. The van der Waals surface area contributed by atoms with Gasteiger partial charge < -0.3 is 0 Å². The summed E-state index contributed by atoms with van der Waals surface area (Å²) in [6.45, 7) is 5.87. The van der Waals surface area contributed by atoms with E-state index in [1.807, 2.05) is 20.8 Å². The van der Waals surface area contributed by atoms with Gasteiger partial charge in [-0.3, -0.25) is 10.1 Å². The third kappa shape index (κ3) is 3.41. The summed E-state index contributed by atoms with van der Waals surface area (Å²) in [6, 6.07) is 1.66. The van der Waals surface area contributed by atoms with E-state index < -0.39 is 4.92 Å². The summed E-state index contributed by atoms with van der Waals surface area (Å²) in [6.07, 6.45) is 1.90. The highest BCUT2D eigenvalue weighted by Crippen LogP contribution is 2.20. The number of aromatic nitrogens is 1. The Kier molecular flexibility index (Phi) is 6.03. The molecule has 0 saturated carbocycles. The van der Waals surface area contributed by atoms with Crippen molar-refractivity contribution < 1.29 is 4.92 Å². The molecule has 14 heavy (non-hydrogen) atoms. The number of rotatable bonds is 2. The van der Waals surface area contributed by atoms with Gasteiger partial charge in [-0.1, -0.05) is 20.8 Å². The van der Waals surface area contributed by atoms with Crippen LogP contribution < -0.4 is 0 Å². The molecule has 5 heteroatoms. The largest absolute Gasteiger partial charge is 0.290 e. The van der Waals surface area contributed by atoms with Crippen LogP contribution in [0.15, 0.2) is 16.9 Å². The number of hydrogen-bond donors (Lipinski definition) is 0. The van der Waals surface area contributed by atoms with Gasteiger partial charge in [0.25, 0.3) is 5.69 Å². The van der Waals surface area contributed by atoms with Crippen molar-refractivity contribution >= 4 is 21.6 Å². The summed E-state index contributed by atoms with van der Waals surface area (Å²) < 4.78 is 0.630. The number of nitrogens with zero attached hydrogens (tertiary/aromatic N) is 2. The molecule has 0 radical (unpaired) electrons. The van der Waals surface area contributed by atoms with Gasteiger partial charge in [0, 0.05) is 5.56 Å². The molecule has 0 bridgehead atoms. The Labute approximate surface area is 91.6 Å². The monoisotopic (exact) mass is 260 g/mol. The molecule has 0 unspecified atom stereocenters. The van der Waals surface area contributed by atoms with Crippen LogP contribution >= 0.6 is 15.9 Å². The van der Waals surface area contributed by atoms with Crippen LogP contribution in [0.5, 0.6) is 0 Å². The van der Waals surface area contributed by atoms with E-state index in [0.717, 1.165) is 0 Å². The Morgan fingerprint density at radius 3 is 2.57 bits per heavy atom. The zero-order valence-corrected chi connectivity index (χ0v) is 10.0. The minimum Gasteiger partial charge on any atom is -0.258 e. The fraction of sp³-hybridized carbons (Fsp3) is 0.444. The molecule has 78 valence electrons. The summed E-state index contributed by atoms with van der Waals surface area (Å²) in [5, 5.41) is 10.4. The first-order chi connectivity index (χ1) is 6.65. The molecule has 0 fully saturated rings. The Balaban J connectivity index is 0.000000791. The summed E-state index contributed by atoms with van der Waals surface area (Å²) in [4.78, 5) is 13.8. The van der Waals surface area contributed by atoms with Crippen molar-refractivity contribution in [2.45, 2.75) is 27.2 Å². The predicted octanol–water partition coefficient (Wildman–Crippen LogP) is 3.34. The smallest absolute Gasteiger partial charge is 0.258 e. The number of nitro groups is 1. The van der Waals surface area contributed by atoms with E-state index in [4.69, 9.17) is 0 Å². The highest BCUT2D eigenvalue weighted by Gasteiger charge is 2.12. The van der Waals surface area contributed by atoms with Crippen LogP contribution in [0.3, 0.4) is 0 Å². The lowest BCUT2D eigenvalue weighted by atomic mass is 10.2. The van der Waals surface area contributed by atoms with Crippen molar-refractivity contribution in [1.29, 1.82) is 0 Å². The summed E-state index contributed by atoms with van der Waals surface area (Å²) in [7, 11) is 0. The molecule has 0 aromatic carbocycles. The molecular weight excluding hydrogens is 248 g/mol. The van der Waals surface area contributed by atoms with E-state index in [2.05, 4.69) is 20.9 Å². The highest BCUT2D eigenvalue weighted by molar-refractivity contribution is 9.10. The molecule has 1 heterocycles. The number of aryl methyl sites for hydroxylation is 1. The molecule has 0 spiro atoms. The van der Waals surface area contributed by atoms with Gasteiger partial charge in [-0.25, -0.2) is 4.98 Å². The van der Waals surface area contributed by atoms with Crippen LogP contribution in [-0.4, -0.2) is 9.91 Å². The minimum absolute atomic E-state index is 0.0840. The Morgan fingerprint density at radius 2 is 2.14 bits per heavy atom. The lowest BCUT2D eigenvalue weighted by molar-refractivity contribution is -0.385. The first kappa shape index (κ1) is 13.0. The van der Waals surface area contributed by atoms with E-state index in [-0.39, 0.29) is 5.69 Å². The van der Waals surface area contributed by atoms with E-state index in [1.165, 1.54) is 6.20 Å². The van der Waals surface area contributed by atoms with Crippen molar-refractivity contribution in [3.8, 4) is 0 Å². The average Bonchev–Trinajstić information content (AvgIpc) is 2.20. The summed E-state index contributed by atoms with van der Waals surface area (Å²) in [5.74, 6) is 0. The summed E-state index contributed by atoms with van der Waals surface area (Å²) in [5.41, 5.74) is 0.780. The van der Waals surface area contributed by atoms with Crippen LogP contribution in [0.4, 0.5) is 5.69 Å². The van der Waals surface area contributed by atoms with Crippen LogP contribution in [0.25, 0.3) is 0 Å². The Hall–Kier alpha value is -0.970. The molecule has 1 aromatic heterocycles. The molecule has 0 aliphatic heterocycles. The van der Waals surface area contributed by atoms with E-state index in [0.29, 0.717) is 16.6 Å². The molecular formula is C9H13BrN2O2. The van der Waals surface area contributed by atoms with Crippen LogP contribution in [-0.2, 0) is 6.42 Å². The SMILES string of the molecule is CC.CCc1cc(Br)ncc1[N+](=O)[O-]. The van der Waals surface area contributed by atoms with Crippen LogP contribution in [0, 0.1) is 10.1 Å². The van der Waals surface area contributed by atoms with Gasteiger partial charge in [0.05, 0.1) is 4.92 Å². The predicted molar refractivity (Wildman–Crippen MR) is 59.3 cm³/mol. The molecule has 0 atom stereocenters. The van der Waals surface area contributed by atoms with E-state index in [9.17, 15) is 10.1 Å².